The number of nitrogens with one attached hydrogen (secondary N) is 1. The molecule has 6 nitrogen and oxygen atoms in total. The van der Waals surface area contributed by atoms with Crippen LogP contribution in [0.3, 0.4) is 0 Å². The fourth-order valence-corrected chi connectivity index (χ4v) is 4.78. The predicted octanol–water partition coefficient (Wildman–Crippen LogP) is 4.62. The zero-order valence-corrected chi connectivity index (χ0v) is 19.5. The van der Waals surface area contributed by atoms with Crippen LogP contribution in [0.2, 0.25) is 0 Å². The van der Waals surface area contributed by atoms with Gasteiger partial charge in [0.1, 0.15) is 17.7 Å². The normalized spacial score (nSPS) is 17.2. The molecule has 2 heterocycles. The summed E-state index contributed by atoms with van der Waals surface area (Å²) >= 11 is 0. The van der Waals surface area contributed by atoms with E-state index in [-0.39, 0.29) is 17.6 Å². The van der Waals surface area contributed by atoms with Crippen molar-refractivity contribution in [3.63, 3.8) is 0 Å². The van der Waals surface area contributed by atoms with Crippen molar-refractivity contribution in [2.24, 2.45) is 0 Å². The number of benzene rings is 3. The lowest BCUT2D eigenvalue weighted by atomic mass is 9.81. The van der Waals surface area contributed by atoms with Gasteiger partial charge < -0.3 is 5.32 Å². The van der Waals surface area contributed by atoms with Gasteiger partial charge in [-0.05, 0) is 55.8 Å². The van der Waals surface area contributed by atoms with E-state index in [1.54, 1.807) is 46.0 Å². The molecule has 1 aliphatic heterocycles. The van der Waals surface area contributed by atoms with Crippen molar-refractivity contribution in [2.75, 3.05) is 11.4 Å². The molecule has 4 aromatic rings. The summed E-state index contributed by atoms with van der Waals surface area (Å²) in [6, 6.07) is 23.6. The lowest BCUT2D eigenvalue weighted by Crippen LogP contribution is -2.55. The molecule has 0 saturated carbocycles. The lowest BCUT2D eigenvalue weighted by Gasteiger charge is -2.38. The first kappa shape index (κ1) is 22.5. The Kier molecular flexibility index (Phi) is 5.91. The van der Waals surface area contributed by atoms with Crippen molar-refractivity contribution in [3.8, 4) is 5.69 Å². The van der Waals surface area contributed by atoms with Crippen LogP contribution in [0, 0.1) is 12.7 Å². The minimum atomic E-state index is -0.882. The highest BCUT2D eigenvalue weighted by Crippen LogP contribution is 2.43. The van der Waals surface area contributed by atoms with E-state index in [0.717, 1.165) is 22.5 Å². The molecule has 0 unspecified atom stereocenters. The molecule has 0 spiro atoms. The third-order valence-corrected chi connectivity index (χ3v) is 6.38. The Morgan fingerprint density at radius 2 is 1.60 bits per heavy atom. The van der Waals surface area contributed by atoms with Gasteiger partial charge in [0.15, 0.2) is 0 Å². The lowest BCUT2D eigenvalue weighted by molar-refractivity contribution is -0.121. The number of carbonyl (C=O) groups excluding carboxylic acids is 2. The number of anilines is 1. The topological polar surface area (TPSA) is 67.2 Å². The smallest absolute Gasteiger partial charge is 0.251 e. The average Bonchev–Trinajstić information content (AvgIpc) is 3.23. The number of amides is 2. The maximum Gasteiger partial charge on any atom is 0.251 e. The number of likely N-dealkylation sites (N-methyl/N-ethyl adjacent to an activating group) is 1. The van der Waals surface area contributed by atoms with E-state index >= 15 is 0 Å². The van der Waals surface area contributed by atoms with Crippen LogP contribution in [0.4, 0.5) is 10.2 Å². The molecule has 2 atom stereocenters. The van der Waals surface area contributed by atoms with Crippen LogP contribution in [0.25, 0.3) is 5.69 Å². The molecule has 3 aromatic carbocycles. The highest BCUT2D eigenvalue weighted by atomic mass is 19.1. The fraction of sp³-hybridized carbons (Fsp3) is 0.179. The number of para-hydroxylation sites is 1. The van der Waals surface area contributed by atoms with Crippen molar-refractivity contribution in [2.45, 2.75) is 25.8 Å². The zero-order valence-electron chi connectivity index (χ0n) is 19.5. The van der Waals surface area contributed by atoms with E-state index in [1.165, 1.54) is 12.1 Å². The molecule has 7 heteroatoms. The summed E-state index contributed by atoms with van der Waals surface area (Å²) in [7, 11) is 0. The van der Waals surface area contributed by atoms with Crippen molar-refractivity contribution < 1.29 is 14.0 Å². The third-order valence-electron chi connectivity index (χ3n) is 6.38. The standard InChI is InChI=1S/C28H25FN4O2/c1-3-32-27-23(18(2)31-33(27)22-12-8-5-9-13-22)24(19-14-16-21(29)17-15-19)25(28(32)35)30-26(34)20-10-6-4-7-11-20/h4-17,24-25H,3H2,1-2H3,(H,30,34)/t24-,25-/m0/s1. The minimum absolute atomic E-state index is 0.240. The number of nitrogens with zero attached hydrogens (tertiary/aromatic N) is 3. The van der Waals surface area contributed by atoms with Gasteiger partial charge >= 0.3 is 0 Å². The second-order valence-corrected chi connectivity index (χ2v) is 8.50. The Labute approximate surface area is 203 Å². The summed E-state index contributed by atoms with van der Waals surface area (Å²) in [5.41, 5.74) is 3.59. The summed E-state index contributed by atoms with van der Waals surface area (Å²) in [6.45, 7) is 4.19. The monoisotopic (exact) mass is 468 g/mol. The summed E-state index contributed by atoms with van der Waals surface area (Å²) in [6.07, 6.45) is 0. The quantitative estimate of drug-likeness (QED) is 0.465. The molecule has 1 N–H and O–H groups in total. The molecule has 2 amide bonds. The van der Waals surface area contributed by atoms with Crippen LogP contribution in [0.15, 0.2) is 84.9 Å². The van der Waals surface area contributed by atoms with Gasteiger partial charge in [-0.2, -0.15) is 5.10 Å². The van der Waals surface area contributed by atoms with Crippen LogP contribution in [-0.2, 0) is 4.79 Å². The Morgan fingerprint density at radius 3 is 2.23 bits per heavy atom. The van der Waals surface area contributed by atoms with Crippen molar-refractivity contribution in [1.29, 1.82) is 0 Å². The number of aromatic nitrogens is 2. The molecule has 1 aliphatic rings. The highest BCUT2D eigenvalue weighted by molar-refractivity contribution is 6.05. The second-order valence-electron chi connectivity index (χ2n) is 8.50. The Hall–Kier alpha value is -4.26. The number of aryl methyl sites for hydroxylation is 1. The SMILES string of the molecule is CCN1C(=O)[C@@H](NC(=O)c2ccccc2)[C@@H](c2ccc(F)cc2)c2c(C)nn(-c3ccccc3)c21. The molecule has 1 aromatic heterocycles. The Morgan fingerprint density at radius 1 is 0.971 bits per heavy atom. The van der Waals surface area contributed by atoms with E-state index in [4.69, 9.17) is 5.10 Å². The molecular weight excluding hydrogens is 443 g/mol. The molecule has 5 rings (SSSR count). The Bertz CT molecular complexity index is 1370. The Balaban J connectivity index is 1.69. The van der Waals surface area contributed by atoms with Crippen molar-refractivity contribution >= 4 is 17.6 Å². The summed E-state index contributed by atoms with van der Waals surface area (Å²) < 4.78 is 15.6. The number of hydrogen-bond acceptors (Lipinski definition) is 3. The van der Waals surface area contributed by atoms with E-state index in [9.17, 15) is 14.0 Å². The first-order valence-electron chi connectivity index (χ1n) is 11.6. The number of carbonyl (C=O) groups is 2. The fourth-order valence-electron chi connectivity index (χ4n) is 4.78. The maximum absolute atomic E-state index is 13.9. The molecule has 0 saturated heterocycles. The van der Waals surface area contributed by atoms with Crippen LogP contribution in [0.5, 0.6) is 0 Å². The molecule has 0 bridgehead atoms. The van der Waals surface area contributed by atoms with E-state index in [2.05, 4.69) is 5.32 Å². The number of halogens is 1. The van der Waals surface area contributed by atoms with Crippen LogP contribution >= 0.6 is 0 Å². The third kappa shape index (κ3) is 3.99. The summed E-state index contributed by atoms with van der Waals surface area (Å²) in [5, 5.41) is 7.76. The van der Waals surface area contributed by atoms with Gasteiger partial charge in [-0.3, -0.25) is 14.5 Å². The first-order chi connectivity index (χ1) is 17.0. The molecule has 0 fully saturated rings. The predicted molar refractivity (Wildman–Crippen MR) is 132 cm³/mol. The van der Waals surface area contributed by atoms with Gasteiger partial charge in [0, 0.05) is 23.6 Å². The second kappa shape index (κ2) is 9.18. The molecule has 176 valence electrons. The molecule has 0 aliphatic carbocycles. The van der Waals surface area contributed by atoms with Gasteiger partial charge in [-0.25, -0.2) is 9.07 Å². The first-order valence-corrected chi connectivity index (χ1v) is 11.6. The van der Waals surface area contributed by atoms with Crippen LogP contribution in [0.1, 0.15) is 40.0 Å². The van der Waals surface area contributed by atoms with Gasteiger partial charge in [-0.1, -0.05) is 48.5 Å². The van der Waals surface area contributed by atoms with Crippen molar-refractivity contribution in [1.82, 2.24) is 15.1 Å². The average molecular weight is 469 g/mol. The molecule has 0 radical (unpaired) electrons. The minimum Gasteiger partial charge on any atom is -0.339 e. The van der Waals surface area contributed by atoms with E-state index in [1.807, 2.05) is 50.2 Å². The molecular formula is C28H25FN4O2. The van der Waals surface area contributed by atoms with Gasteiger partial charge in [0.25, 0.3) is 11.8 Å². The zero-order chi connectivity index (χ0) is 24.5. The van der Waals surface area contributed by atoms with Crippen molar-refractivity contribution in [3.05, 3.63) is 113 Å². The van der Waals surface area contributed by atoms with Crippen LogP contribution in [-0.4, -0.2) is 34.2 Å². The molecule has 35 heavy (non-hydrogen) atoms. The van der Waals surface area contributed by atoms with E-state index < -0.39 is 12.0 Å². The van der Waals surface area contributed by atoms with Crippen LogP contribution < -0.4 is 10.2 Å². The summed E-state index contributed by atoms with van der Waals surface area (Å²) in [5.74, 6) is -0.820. The largest absolute Gasteiger partial charge is 0.339 e. The van der Waals surface area contributed by atoms with Gasteiger partial charge in [0.2, 0.25) is 0 Å². The highest BCUT2D eigenvalue weighted by Gasteiger charge is 2.45. The summed E-state index contributed by atoms with van der Waals surface area (Å²) in [4.78, 5) is 28.7. The number of hydrogen-bond donors (Lipinski definition) is 1. The van der Waals surface area contributed by atoms with Gasteiger partial charge in [-0.15, -0.1) is 0 Å². The number of fused-ring (bicyclic) bond motifs is 1. The van der Waals surface area contributed by atoms with E-state index in [0.29, 0.717) is 17.9 Å². The van der Waals surface area contributed by atoms with Gasteiger partial charge in [0.05, 0.1) is 11.4 Å². The number of rotatable bonds is 5. The maximum atomic E-state index is 13.9.